The van der Waals surface area contributed by atoms with Gasteiger partial charge in [0.15, 0.2) is 0 Å². The van der Waals surface area contributed by atoms with E-state index in [0.29, 0.717) is 18.9 Å². The highest BCUT2D eigenvalue weighted by molar-refractivity contribution is 5.28. The molecule has 0 atom stereocenters. The second kappa shape index (κ2) is 8.48. The van der Waals surface area contributed by atoms with Crippen molar-refractivity contribution in [3.05, 3.63) is 29.8 Å². The molecule has 0 radical (unpaired) electrons. The molecule has 4 N–H and O–H groups in total. The Kier molecular flexibility index (Phi) is 6.64. The third-order valence-corrected chi connectivity index (χ3v) is 4.11. The van der Waals surface area contributed by atoms with Gasteiger partial charge in [0.1, 0.15) is 5.75 Å². The summed E-state index contributed by atoms with van der Waals surface area (Å²) in [5, 5.41) is 28.4. The van der Waals surface area contributed by atoms with Gasteiger partial charge in [0.2, 0.25) is 0 Å². The fraction of sp³-hybridized carbons (Fsp3) is 0.647. The van der Waals surface area contributed by atoms with Gasteiger partial charge in [-0.25, -0.2) is 5.32 Å². The quantitative estimate of drug-likeness (QED) is 0.434. The van der Waals surface area contributed by atoms with Gasteiger partial charge in [0.05, 0.1) is 6.61 Å². The minimum Gasteiger partial charge on any atom is -0.493 e. The molecule has 22 heavy (non-hydrogen) atoms. The third kappa shape index (κ3) is 6.75. The normalized spacial score (nSPS) is 16.7. The van der Waals surface area contributed by atoms with Crippen LogP contribution in [0.1, 0.15) is 44.1 Å². The predicted molar refractivity (Wildman–Crippen MR) is 84.2 cm³/mol. The molecule has 0 bridgehead atoms. The molecule has 1 aliphatic carbocycles. The van der Waals surface area contributed by atoms with Gasteiger partial charge in [0.25, 0.3) is 0 Å². The van der Waals surface area contributed by atoms with E-state index in [9.17, 15) is 0 Å². The molecule has 0 aliphatic heterocycles. The summed E-state index contributed by atoms with van der Waals surface area (Å²) in [5.41, 5.74) is 1.14. The van der Waals surface area contributed by atoms with Crippen LogP contribution in [0.5, 0.6) is 5.75 Å². The largest absolute Gasteiger partial charge is 0.493 e. The first-order valence-electron chi connectivity index (χ1n) is 8.17. The fourth-order valence-electron chi connectivity index (χ4n) is 2.91. The van der Waals surface area contributed by atoms with Crippen molar-refractivity contribution in [3.8, 4) is 5.75 Å². The summed E-state index contributed by atoms with van der Waals surface area (Å²) >= 11 is 0. The summed E-state index contributed by atoms with van der Waals surface area (Å²) in [7, 11) is 0. The Hall–Kier alpha value is -1.14. The molecule has 5 heteroatoms. The van der Waals surface area contributed by atoms with E-state index in [1.54, 1.807) is 0 Å². The lowest BCUT2D eigenvalue weighted by Gasteiger charge is -2.21. The molecule has 124 valence electrons. The molecule has 0 aromatic heterocycles. The van der Waals surface area contributed by atoms with Gasteiger partial charge < -0.3 is 20.1 Å². The van der Waals surface area contributed by atoms with Crippen molar-refractivity contribution in [2.75, 3.05) is 13.2 Å². The first-order valence-corrected chi connectivity index (χ1v) is 8.17. The van der Waals surface area contributed by atoms with Gasteiger partial charge in [-0.15, -0.1) is 0 Å². The van der Waals surface area contributed by atoms with Crippen molar-refractivity contribution in [3.63, 3.8) is 0 Å². The van der Waals surface area contributed by atoms with Crippen LogP contribution in [-0.2, 0) is 6.42 Å². The molecule has 0 spiro atoms. The summed E-state index contributed by atoms with van der Waals surface area (Å²) in [6, 6.07) is 8.02. The lowest BCUT2D eigenvalue weighted by Crippen LogP contribution is -2.45. The highest BCUT2D eigenvalue weighted by atomic mass is 16.7. The molecule has 0 unspecified atom stereocenters. The van der Waals surface area contributed by atoms with Gasteiger partial charge in [-0.2, -0.15) is 0 Å². The van der Waals surface area contributed by atoms with Crippen LogP contribution in [0.15, 0.2) is 24.3 Å². The van der Waals surface area contributed by atoms with E-state index < -0.39 is 6.10 Å². The Bertz CT molecular complexity index is 439. The van der Waals surface area contributed by atoms with Crippen LogP contribution in [0, 0.1) is 5.92 Å². The van der Waals surface area contributed by atoms with E-state index >= 15 is 0 Å². The summed E-state index contributed by atoms with van der Waals surface area (Å²) in [6.45, 7) is 1.11. The van der Waals surface area contributed by atoms with Crippen molar-refractivity contribution in [1.82, 2.24) is 5.32 Å². The number of rotatable bonds is 8. The number of nitrogens with one attached hydrogen (secondary N) is 1. The summed E-state index contributed by atoms with van der Waals surface area (Å²) in [4.78, 5) is 0. The van der Waals surface area contributed by atoms with Crippen molar-refractivity contribution < 1.29 is 20.1 Å². The van der Waals surface area contributed by atoms with E-state index in [0.717, 1.165) is 24.3 Å². The first kappa shape index (κ1) is 17.2. The van der Waals surface area contributed by atoms with Gasteiger partial charge >= 0.3 is 6.10 Å². The van der Waals surface area contributed by atoms with Gasteiger partial charge in [-0.05, 0) is 49.3 Å². The van der Waals surface area contributed by atoms with Crippen LogP contribution in [0.3, 0.4) is 0 Å². The lowest BCUT2D eigenvalue weighted by atomic mass is 9.90. The Morgan fingerprint density at radius 1 is 1.14 bits per heavy atom. The third-order valence-electron chi connectivity index (χ3n) is 4.11. The zero-order valence-corrected chi connectivity index (χ0v) is 13.0. The van der Waals surface area contributed by atoms with Crippen LogP contribution in [0.2, 0.25) is 0 Å². The lowest BCUT2D eigenvalue weighted by molar-refractivity contribution is -0.331. The molecule has 0 amide bonds. The predicted octanol–water partition coefficient (Wildman–Crippen LogP) is 1.76. The molecular formula is C17H27NO4. The summed E-state index contributed by atoms with van der Waals surface area (Å²) in [6.07, 6.45) is 5.24. The van der Waals surface area contributed by atoms with Gasteiger partial charge in [-0.1, -0.05) is 31.4 Å². The number of hydrogen-bond donors (Lipinski definition) is 4. The van der Waals surface area contributed by atoms with E-state index in [1.165, 1.54) is 32.1 Å². The SMILES string of the molecule is OC(O)(O)NCCCc1cccc(OCC2CCCCC2)c1. The fourth-order valence-corrected chi connectivity index (χ4v) is 2.91. The first-order chi connectivity index (χ1) is 10.5. The maximum Gasteiger partial charge on any atom is 0.343 e. The van der Waals surface area contributed by atoms with E-state index in [2.05, 4.69) is 5.32 Å². The van der Waals surface area contributed by atoms with Crippen molar-refractivity contribution >= 4 is 0 Å². The molecular weight excluding hydrogens is 282 g/mol. The van der Waals surface area contributed by atoms with Crippen LogP contribution in [-0.4, -0.2) is 34.6 Å². The Morgan fingerprint density at radius 3 is 2.64 bits per heavy atom. The topological polar surface area (TPSA) is 82.0 Å². The average molecular weight is 309 g/mol. The van der Waals surface area contributed by atoms with Crippen molar-refractivity contribution in [2.45, 2.75) is 51.0 Å². The molecule has 1 aliphatic rings. The van der Waals surface area contributed by atoms with Gasteiger partial charge in [-0.3, -0.25) is 0 Å². The highest BCUT2D eigenvalue weighted by Gasteiger charge is 2.16. The zero-order valence-electron chi connectivity index (χ0n) is 13.0. The molecule has 2 rings (SSSR count). The number of ether oxygens (including phenoxy) is 1. The Labute approximate surface area is 131 Å². The van der Waals surface area contributed by atoms with Crippen LogP contribution >= 0.6 is 0 Å². The zero-order chi connectivity index (χ0) is 15.8. The van der Waals surface area contributed by atoms with Crippen LogP contribution < -0.4 is 10.1 Å². The number of aliphatic hydroxyl groups is 3. The molecule has 0 heterocycles. The standard InChI is InChI=1S/C17H27NO4/c19-17(20,21)18-11-5-9-14-8-4-10-16(12-14)22-13-15-6-2-1-3-7-15/h4,8,10,12,15,18-21H,1-3,5-7,9,11,13H2. The van der Waals surface area contributed by atoms with E-state index in [-0.39, 0.29) is 0 Å². The van der Waals surface area contributed by atoms with E-state index in [1.807, 2.05) is 24.3 Å². The average Bonchev–Trinajstić information content (AvgIpc) is 2.50. The number of hydrogen-bond acceptors (Lipinski definition) is 5. The summed E-state index contributed by atoms with van der Waals surface area (Å²) < 4.78 is 5.91. The van der Waals surface area contributed by atoms with Crippen molar-refractivity contribution in [2.24, 2.45) is 5.92 Å². The molecule has 1 saturated carbocycles. The second-order valence-electron chi connectivity index (χ2n) is 6.13. The maximum atomic E-state index is 8.73. The van der Waals surface area contributed by atoms with Crippen molar-refractivity contribution in [1.29, 1.82) is 0 Å². The van der Waals surface area contributed by atoms with Crippen LogP contribution in [0.4, 0.5) is 0 Å². The highest BCUT2D eigenvalue weighted by Crippen LogP contribution is 2.25. The Balaban J connectivity index is 1.72. The van der Waals surface area contributed by atoms with Gasteiger partial charge in [0, 0.05) is 6.54 Å². The molecule has 5 nitrogen and oxygen atoms in total. The maximum absolute atomic E-state index is 8.73. The van der Waals surface area contributed by atoms with E-state index in [4.69, 9.17) is 20.1 Å². The number of aryl methyl sites for hydroxylation is 1. The molecule has 0 saturated heterocycles. The Morgan fingerprint density at radius 2 is 1.91 bits per heavy atom. The number of benzene rings is 1. The minimum absolute atomic E-state index is 0.316. The second-order valence-corrected chi connectivity index (χ2v) is 6.13. The molecule has 1 fully saturated rings. The smallest absolute Gasteiger partial charge is 0.343 e. The van der Waals surface area contributed by atoms with Crippen LogP contribution in [0.25, 0.3) is 0 Å². The molecule has 1 aromatic rings. The monoisotopic (exact) mass is 309 g/mol. The summed E-state index contributed by atoms with van der Waals surface area (Å²) in [5.74, 6) is 1.59. The molecule has 1 aromatic carbocycles. The minimum atomic E-state index is -2.79.